The van der Waals surface area contributed by atoms with Crippen molar-refractivity contribution in [2.24, 2.45) is 5.41 Å². The van der Waals surface area contributed by atoms with Gasteiger partial charge in [-0.2, -0.15) is 0 Å². The molecule has 0 bridgehead atoms. The number of likely N-dealkylation sites (tertiary alicyclic amines) is 1. The molecule has 0 aliphatic carbocycles. The van der Waals surface area contributed by atoms with Crippen LogP contribution >= 0.6 is 11.3 Å². The van der Waals surface area contributed by atoms with Crippen LogP contribution in [0.1, 0.15) is 82.3 Å². The number of nitrogens with two attached hydrogens (primary N) is 1. The summed E-state index contributed by atoms with van der Waals surface area (Å²) in [7, 11) is 0. The number of piperidine rings is 1. The van der Waals surface area contributed by atoms with Gasteiger partial charge in [0, 0.05) is 68.9 Å². The van der Waals surface area contributed by atoms with Crippen LogP contribution in [-0.4, -0.2) is 155 Å². The van der Waals surface area contributed by atoms with E-state index in [4.69, 9.17) is 19.9 Å². The van der Waals surface area contributed by atoms with E-state index in [1.807, 2.05) is 70.5 Å². The summed E-state index contributed by atoms with van der Waals surface area (Å²) in [6, 6.07) is 22.4. The number of carbonyl (C=O) groups is 4. The summed E-state index contributed by atoms with van der Waals surface area (Å²) in [5.41, 5.74) is 13.4. The predicted molar refractivity (Wildman–Crippen MR) is 291 cm³/mol. The summed E-state index contributed by atoms with van der Waals surface area (Å²) in [6.45, 7) is 13.6. The van der Waals surface area contributed by atoms with Gasteiger partial charge < -0.3 is 60.7 Å². The number of hydrogen-bond donors (Lipinski definition) is 6. The number of nitrogens with zero attached hydrogens (tertiary/aromatic N) is 6. The third-order valence-electron chi connectivity index (χ3n) is 14.3. The number of phenols is 1. The normalized spacial score (nSPS) is 20.4. The average molecular weight is 1060 g/mol. The van der Waals surface area contributed by atoms with Crippen molar-refractivity contribution in [2.45, 2.75) is 103 Å². The van der Waals surface area contributed by atoms with Gasteiger partial charge in [0.05, 0.1) is 67.2 Å². The number of aromatic hydroxyl groups is 1. The van der Waals surface area contributed by atoms with Gasteiger partial charge in [-0.1, -0.05) is 69.3 Å². The van der Waals surface area contributed by atoms with Gasteiger partial charge in [-0.25, -0.2) is 4.98 Å². The molecule has 0 saturated carbocycles. The number of benzene rings is 3. The average Bonchev–Trinajstić information content (AvgIpc) is 4.04. The van der Waals surface area contributed by atoms with E-state index in [2.05, 4.69) is 65.2 Å². The summed E-state index contributed by atoms with van der Waals surface area (Å²) in [4.78, 5) is 64.7. The predicted octanol–water partition coefficient (Wildman–Crippen LogP) is 5.22. The molecule has 0 spiro atoms. The largest absolute Gasteiger partial charge is 0.507 e. The smallest absolute Gasteiger partial charge is 0.246 e. The van der Waals surface area contributed by atoms with Crippen molar-refractivity contribution in [1.29, 1.82) is 0 Å². The molecule has 3 aliphatic rings. The molecule has 3 aliphatic heterocycles. The number of aliphatic hydroxyl groups is 1. The highest BCUT2D eigenvalue weighted by molar-refractivity contribution is 7.13. The molecule has 2 aromatic heterocycles. The van der Waals surface area contributed by atoms with Crippen LogP contribution in [0.15, 0.2) is 84.4 Å². The molecule has 3 fully saturated rings. The minimum absolute atomic E-state index is 0.0108. The van der Waals surface area contributed by atoms with Crippen LogP contribution in [0.5, 0.6) is 11.5 Å². The fourth-order valence-corrected chi connectivity index (χ4v) is 10.8. The number of hydrogen-bond acceptors (Lipinski definition) is 17. The standard InChI is InChI=1S/C56H72N10O9S/c1-35(37-12-14-39(15-13-37)51-36(2)59-34-76-51)60-54(71)47-27-42(68)29-66(47)55(72)52(56(3,4)5)61-50(70)20-24-73-25-26-74-33-41(32-67)65-23-21-58-46(31-65)38-16-18-40(19-17-38)64-22-8-9-43(30-64)75-49-28-45(62-63-53(49)57)44-10-6-7-11-48(44)69/h6-7,10-19,28,32,34-35,41-43,46-47,52,58,68-69H,8-9,20-27,29-31,33H2,1-5H3,(H2,57,63)(H,60,71)(H,61,70)/t35-,41?,42+,43?,46?,47-,52+/m0/s1. The van der Waals surface area contributed by atoms with Crippen LogP contribution < -0.4 is 31.3 Å². The van der Waals surface area contributed by atoms with Crippen molar-refractivity contribution >= 4 is 46.8 Å². The highest BCUT2D eigenvalue weighted by Crippen LogP contribution is 2.34. The molecule has 3 saturated heterocycles. The highest BCUT2D eigenvalue weighted by atomic mass is 32.1. The van der Waals surface area contributed by atoms with Crippen molar-refractivity contribution in [2.75, 3.05) is 76.3 Å². The maximum Gasteiger partial charge on any atom is 0.246 e. The Morgan fingerprint density at radius 2 is 1.72 bits per heavy atom. The first kappa shape index (κ1) is 55.7. The van der Waals surface area contributed by atoms with E-state index in [9.17, 15) is 29.4 Å². The maximum atomic E-state index is 14.1. The van der Waals surface area contributed by atoms with Crippen LogP contribution in [0.25, 0.3) is 21.7 Å². The molecule has 5 heterocycles. The first-order chi connectivity index (χ1) is 36.6. The lowest BCUT2D eigenvalue weighted by atomic mass is 9.85. The van der Waals surface area contributed by atoms with Crippen molar-refractivity contribution in [1.82, 2.24) is 40.9 Å². The number of para-hydroxylation sites is 1. The number of β-amino-alcohol motifs (C(OH)–C–C–N with tert-alkyl or cyclic N) is 1. The monoisotopic (exact) mass is 1060 g/mol. The minimum atomic E-state index is -0.964. The lowest BCUT2D eigenvalue weighted by molar-refractivity contribution is -0.144. The first-order valence-electron chi connectivity index (χ1n) is 26.2. The summed E-state index contributed by atoms with van der Waals surface area (Å²) < 4.78 is 18.0. The lowest BCUT2D eigenvalue weighted by Gasteiger charge is -2.37. The molecule has 19 nitrogen and oxygen atoms in total. The number of nitrogens with one attached hydrogen (secondary N) is 3. The molecule has 8 rings (SSSR count). The van der Waals surface area contributed by atoms with Gasteiger partial charge in [-0.05, 0) is 73.1 Å². The van der Waals surface area contributed by atoms with Crippen molar-refractivity contribution < 1.29 is 43.6 Å². The second-order valence-electron chi connectivity index (χ2n) is 20.9. The fraction of sp³-hybridized carbons (Fsp3) is 0.482. The van der Waals surface area contributed by atoms with Crippen LogP contribution in [0.2, 0.25) is 0 Å². The van der Waals surface area contributed by atoms with Gasteiger partial charge in [-0.3, -0.25) is 19.3 Å². The van der Waals surface area contributed by atoms with Gasteiger partial charge in [-0.15, -0.1) is 21.5 Å². The molecular formula is C56H72N10O9S. The number of nitrogen functional groups attached to an aromatic ring is 1. The maximum absolute atomic E-state index is 14.1. The van der Waals surface area contributed by atoms with E-state index >= 15 is 0 Å². The number of anilines is 2. The van der Waals surface area contributed by atoms with E-state index in [0.29, 0.717) is 43.2 Å². The van der Waals surface area contributed by atoms with Crippen molar-refractivity contribution in [3.63, 3.8) is 0 Å². The number of amides is 3. The number of aldehydes is 1. The second-order valence-corrected chi connectivity index (χ2v) is 21.8. The minimum Gasteiger partial charge on any atom is -0.507 e. The number of ether oxygens (including phenoxy) is 3. The molecule has 3 unspecified atom stereocenters. The number of aryl methyl sites for hydroxylation is 1. The molecule has 3 aromatic carbocycles. The van der Waals surface area contributed by atoms with E-state index < -0.39 is 35.6 Å². The van der Waals surface area contributed by atoms with E-state index in [-0.39, 0.29) is 87.4 Å². The molecular weight excluding hydrogens is 989 g/mol. The molecule has 5 aromatic rings. The zero-order valence-electron chi connectivity index (χ0n) is 44.0. The molecule has 7 atom stereocenters. The van der Waals surface area contributed by atoms with E-state index in [0.717, 1.165) is 58.6 Å². The number of rotatable bonds is 21. The summed E-state index contributed by atoms with van der Waals surface area (Å²) in [5, 5.41) is 38.8. The van der Waals surface area contributed by atoms with Gasteiger partial charge in [0.1, 0.15) is 35.9 Å². The molecule has 0 radical (unpaired) electrons. The molecule has 20 heteroatoms. The van der Waals surface area contributed by atoms with Crippen LogP contribution in [0.4, 0.5) is 11.5 Å². The molecule has 3 amide bonds. The van der Waals surface area contributed by atoms with E-state index in [1.165, 1.54) is 4.90 Å². The number of thiazole rings is 1. The second kappa shape index (κ2) is 25.5. The topological polar surface area (TPSA) is 247 Å². The van der Waals surface area contributed by atoms with Crippen molar-refractivity contribution in [3.05, 3.63) is 101 Å². The molecule has 76 heavy (non-hydrogen) atoms. The lowest BCUT2D eigenvalue weighted by Crippen LogP contribution is -2.58. The van der Waals surface area contributed by atoms with Gasteiger partial charge >= 0.3 is 0 Å². The quantitative estimate of drug-likeness (QED) is 0.0408. The molecule has 7 N–H and O–H groups in total. The first-order valence-corrected chi connectivity index (χ1v) is 27.0. The zero-order chi connectivity index (χ0) is 53.9. The zero-order valence-corrected chi connectivity index (χ0v) is 44.8. The van der Waals surface area contributed by atoms with Crippen LogP contribution in [0.3, 0.4) is 0 Å². The number of aromatic nitrogens is 3. The SMILES string of the molecule is Cc1ncsc1-c1ccc([C@H](C)NC(=O)[C@@H]2C[C@@H](O)CN2C(=O)[C@@H](NC(=O)CCOCCOCC(C=O)N2CCNC(c3ccc(N4CCCC(Oc5cc(-c6ccccc6O)nnc5N)C4)cc3)C2)C(C)(C)C)cc1. The summed E-state index contributed by atoms with van der Waals surface area (Å²) in [6.07, 6.45) is 1.76. The number of piperazine rings is 1. The Kier molecular flexibility index (Phi) is 18.7. The Bertz CT molecular complexity index is 2760. The van der Waals surface area contributed by atoms with Gasteiger partial charge in [0.2, 0.25) is 17.7 Å². The Morgan fingerprint density at radius 3 is 2.45 bits per heavy atom. The highest BCUT2D eigenvalue weighted by Gasteiger charge is 2.45. The van der Waals surface area contributed by atoms with Crippen LogP contribution in [0, 0.1) is 12.3 Å². The molecule has 406 valence electrons. The Labute approximate surface area is 448 Å². The third-order valence-corrected chi connectivity index (χ3v) is 15.3. The third kappa shape index (κ3) is 14.1. The van der Waals surface area contributed by atoms with Crippen LogP contribution in [-0.2, 0) is 28.7 Å². The summed E-state index contributed by atoms with van der Waals surface area (Å²) >= 11 is 1.57. The van der Waals surface area contributed by atoms with Gasteiger partial charge in [0.25, 0.3) is 0 Å². The van der Waals surface area contributed by atoms with Crippen molar-refractivity contribution in [3.8, 4) is 33.2 Å². The summed E-state index contributed by atoms with van der Waals surface area (Å²) in [5.74, 6) is -0.476. The number of carbonyl (C=O) groups excluding carboxylic acids is 4. The number of aliphatic hydroxyl groups excluding tert-OH is 1. The fourth-order valence-electron chi connectivity index (χ4n) is 10.0. The Morgan fingerprint density at radius 1 is 0.961 bits per heavy atom. The van der Waals surface area contributed by atoms with E-state index in [1.54, 1.807) is 35.6 Å². The number of phenolic OH excluding ortho intramolecular Hbond substituents is 1. The van der Waals surface area contributed by atoms with Gasteiger partial charge in [0.15, 0.2) is 11.6 Å². The Hall–Kier alpha value is -6.55. The Balaban J connectivity index is 0.746.